The van der Waals surface area contributed by atoms with Crippen LogP contribution >= 0.6 is 0 Å². The monoisotopic (exact) mass is 338 g/mol. The summed E-state index contributed by atoms with van der Waals surface area (Å²) in [5.74, 6) is 1.49. The number of benzene rings is 2. The summed E-state index contributed by atoms with van der Waals surface area (Å²) in [5.41, 5.74) is 1.33. The van der Waals surface area contributed by atoms with Crippen molar-refractivity contribution in [3.63, 3.8) is 0 Å². The number of aromatic nitrogens is 2. The van der Waals surface area contributed by atoms with Gasteiger partial charge in [-0.2, -0.15) is 0 Å². The molecule has 25 heavy (non-hydrogen) atoms. The van der Waals surface area contributed by atoms with Crippen LogP contribution in [0, 0.1) is 0 Å². The first-order valence-electron chi connectivity index (χ1n) is 7.90. The van der Waals surface area contributed by atoms with Crippen LogP contribution in [-0.2, 0) is 22.4 Å². The molecule has 0 fully saturated rings. The van der Waals surface area contributed by atoms with Gasteiger partial charge in [0.15, 0.2) is 0 Å². The van der Waals surface area contributed by atoms with Crippen LogP contribution in [0.4, 0.5) is 0 Å². The Morgan fingerprint density at radius 1 is 0.960 bits per heavy atom. The Bertz CT molecular complexity index is 853. The van der Waals surface area contributed by atoms with Crippen molar-refractivity contribution < 1.29 is 14.3 Å². The number of hydrogen-bond donors (Lipinski definition) is 2. The number of nitrogens with one attached hydrogen (secondary N) is 2. The van der Waals surface area contributed by atoms with Crippen LogP contribution in [0.1, 0.15) is 11.1 Å². The molecular weight excluding hydrogens is 320 g/mol. The minimum Gasteiger partial charge on any atom is -0.464 e. The normalized spacial score (nSPS) is 11.7. The maximum absolute atomic E-state index is 11.6. The summed E-state index contributed by atoms with van der Waals surface area (Å²) in [6.45, 7) is 0.415. The van der Waals surface area contributed by atoms with Crippen molar-refractivity contribution in [1.82, 2.24) is 10.2 Å². The van der Waals surface area contributed by atoms with E-state index >= 15 is 0 Å². The molecule has 2 N–H and O–H groups in total. The molecule has 0 saturated heterocycles. The summed E-state index contributed by atoms with van der Waals surface area (Å²) in [6, 6.07) is 17.1. The van der Waals surface area contributed by atoms with Crippen LogP contribution in [0.25, 0.3) is 0 Å². The van der Waals surface area contributed by atoms with Crippen LogP contribution < -0.4 is 10.3 Å². The topological polar surface area (TPSA) is 84.2 Å². The van der Waals surface area contributed by atoms with E-state index in [0.29, 0.717) is 24.9 Å². The molecule has 3 rings (SSSR count). The summed E-state index contributed by atoms with van der Waals surface area (Å²) in [7, 11) is 0. The van der Waals surface area contributed by atoms with E-state index in [1.807, 2.05) is 54.6 Å². The van der Waals surface area contributed by atoms with Gasteiger partial charge in [0.1, 0.15) is 17.6 Å². The Labute approximate surface area is 144 Å². The smallest absolute Gasteiger partial charge is 0.293 e. The number of carbonyl (C=O) groups excluding carboxylic acids is 1. The van der Waals surface area contributed by atoms with Crippen molar-refractivity contribution >= 4 is 6.47 Å². The highest BCUT2D eigenvalue weighted by atomic mass is 16.5. The fourth-order valence-corrected chi connectivity index (χ4v) is 2.56. The second kappa shape index (κ2) is 8.01. The summed E-state index contributed by atoms with van der Waals surface area (Å²) >= 11 is 0. The van der Waals surface area contributed by atoms with Crippen LogP contribution in [0.15, 0.2) is 65.6 Å². The number of ether oxygens (including phenoxy) is 2. The molecule has 1 unspecified atom stereocenters. The first kappa shape index (κ1) is 16.6. The van der Waals surface area contributed by atoms with Crippen LogP contribution in [0.2, 0.25) is 0 Å². The van der Waals surface area contributed by atoms with Gasteiger partial charge < -0.3 is 14.6 Å². The molecule has 0 spiro atoms. The number of H-pyrrole nitrogens is 2. The highest BCUT2D eigenvalue weighted by Gasteiger charge is 2.14. The summed E-state index contributed by atoms with van der Waals surface area (Å²) in [4.78, 5) is 22.3. The molecule has 3 aromatic rings. The molecule has 1 atom stereocenters. The second-order valence-corrected chi connectivity index (χ2v) is 5.59. The highest BCUT2D eigenvalue weighted by molar-refractivity contribution is 5.38. The van der Waals surface area contributed by atoms with Gasteiger partial charge in [0.05, 0.1) is 0 Å². The van der Waals surface area contributed by atoms with Gasteiger partial charge in [0, 0.05) is 24.6 Å². The van der Waals surface area contributed by atoms with E-state index in [1.54, 1.807) is 6.20 Å². The Balaban J connectivity index is 1.65. The van der Waals surface area contributed by atoms with Gasteiger partial charge in [-0.3, -0.25) is 14.7 Å². The molecule has 6 nitrogen and oxygen atoms in total. The molecule has 0 aliphatic rings. The molecule has 0 radical (unpaired) electrons. The van der Waals surface area contributed by atoms with Gasteiger partial charge in [-0.05, 0) is 29.8 Å². The van der Waals surface area contributed by atoms with Gasteiger partial charge in [-0.25, -0.2) is 0 Å². The highest BCUT2D eigenvalue weighted by Crippen LogP contribution is 2.22. The van der Waals surface area contributed by atoms with Gasteiger partial charge in [0.2, 0.25) is 0 Å². The third-order valence-corrected chi connectivity index (χ3v) is 3.78. The molecule has 1 aromatic heterocycles. The summed E-state index contributed by atoms with van der Waals surface area (Å²) in [5, 5.41) is 5.11. The van der Waals surface area contributed by atoms with E-state index in [0.717, 1.165) is 17.1 Å². The standard InChI is InChI=1S/C19H18N2O4/c22-13-24-18(11-15-12-20-21-19(15)23)10-14-6-8-17(9-7-14)25-16-4-2-1-3-5-16/h1-9,12-13,18H,10-11H2,(H2,20,21,23). The third kappa shape index (κ3) is 4.60. The quantitative estimate of drug-likeness (QED) is 0.619. The minimum absolute atomic E-state index is 0.203. The largest absolute Gasteiger partial charge is 0.464 e. The zero-order valence-corrected chi connectivity index (χ0v) is 13.5. The minimum atomic E-state index is -0.407. The number of carbonyl (C=O) groups is 1. The van der Waals surface area contributed by atoms with Crippen molar-refractivity contribution in [2.45, 2.75) is 18.9 Å². The molecule has 0 saturated carbocycles. The Morgan fingerprint density at radius 2 is 1.68 bits per heavy atom. The van der Waals surface area contributed by atoms with Crippen molar-refractivity contribution in [2.75, 3.05) is 0 Å². The van der Waals surface area contributed by atoms with Crippen LogP contribution in [0.5, 0.6) is 11.5 Å². The summed E-state index contributed by atoms with van der Waals surface area (Å²) in [6.07, 6.45) is 2.03. The Hall–Kier alpha value is -3.28. The maximum atomic E-state index is 11.6. The van der Waals surface area contributed by atoms with Gasteiger partial charge >= 0.3 is 0 Å². The first-order valence-corrected chi connectivity index (χ1v) is 7.90. The number of para-hydroxylation sites is 1. The predicted molar refractivity (Wildman–Crippen MR) is 92.7 cm³/mol. The van der Waals surface area contributed by atoms with Crippen molar-refractivity contribution in [2.24, 2.45) is 0 Å². The van der Waals surface area contributed by atoms with Crippen LogP contribution in [-0.4, -0.2) is 22.8 Å². The molecule has 1 heterocycles. The van der Waals surface area contributed by atoms with E-state index in [4.69, 9.17) is 9.47 Å². The molecule has 6 heteroatoms. The van der Waals surface area contributed by atoms with E-state index in [-0.39, 0.29) is 5.56 Å². The van der Waals surface area contributed by atoms with E-state index in [1.165, 1.54) is 0 Å². The van der Waals surface area contributed by atoms with Crippen molar-refractivity contribution in [1.29, 1.82) is 0 Å². The van der Waals surface area contributed by atoms with Gasteiger partial charge in [-0.15, -0.1) is 0 Å². The average molecular weight is 338 g/mol. The van der Waals surface area contributed by atoms with Gasteiger partial charge in [-0.1, -0.05) is 30.3 Å². The molecule has 0 aliphatic carbocycles. The average Bonchev–Trinajstić information content (AvgIpc) is 3.03. The molecule has 128 valence electrons. The predicted octanol–water partition coefficient (Wildman–Crippen LogP) is 2.82. The SMILES string of the molecule is O=COC(Cc1ccc(Oc2ccccc2)cc1)Cc1c[nH][nH]c1=O. The Kier molecular flexibility index (Phi) is 5.31. The lowest BCUT2D eigenvalue weighted by molar-refractivity contribution is -0.133. The summed E-state index contributed by atoms with van der Waals surface area (Å²) < 4.78 is 10.9. The molecule has 2 aromatic carbocycles. The lowest BCUT2D eigenvalue weighted by atomic mass is 10.0. The fraction of sp³-hybridized carbons (Fsp3) is 0.158. The van der Waals surface area contributed by atoms with E-state index in [9.17, 15) is 9.59 Å². The lowest BCUT2D eigenvalue weighted by Crippen LogP contribution is -2.21. The molecule has 0 amide bonds. The molecule has 0 bridgehead atoms. The van der Waals surface area contributed by atoms with Gasteiger partial charge in [0.25, 0.3) is 12.0 Å². The number of hydrogen-bond acceptors (Lipinski definition) is 4. The molecule has 0 aliphatic heterocycles. The van der Waals surface area contributed by atoms with Crippen molar-refractivity contribution in [3.8, 4) is 11.5 Å². The first-order chi connectivity index (χ1) is 12.2. The van der Waals surface area contributed by atoms with Crippen LogP contribution in [0.3, 0.4) is 0 Å². The zero-order valence-electron chi connectivity index (χ0n) is 13.5. The van der Waals surface area contributed by atoms with E-state index in [2.05, 4.69) is 10.2 Å². The number of aromatic amines is 2. The number of rotatable bonds is 8. The third-order valence-electron chi connectivity index (χ3n) is 3.78. The maximum Gasteiger partial charge on any atom is 0.293 e. The fourth-order valence-electron chi connectivity index (χ4n) is 2.56. The second-order valence-electron chi connectivity index (χ2n) is 5.59. The molecular formula is C19H18N2O4. The van der Waals surface area contributed by atoms with E-state index < -0.39 is 6.10 Å². The zero-order chi connectivity index (χ0) is 17.5. The van der Waals surface area contributed by atoms with Crippen molar-refractivity contribution in [3.05, 3.63) is 82.3 Å². The lowest BCUT2D eigenvalue weighted by Gasteiger charge is -2.14. The Morgan fingerprint density at radius 3 is 2.32 bits per heavy atom.